The molecule has 0 bridgehead atoms. The number of nitrogens with one attached hydrogen (secondary N) is 2. The molecule has 4 nitrogen and oxygen atoms in total. The third-order valence-electron chi connectivity index (χ3n) is 4.43. The molecule has 5 heteroatoms. The zero-order valence-corrected chi connectivity index (χ0v) is 14.7. The molecule has 0 aromatic heterocycles. The van der Waals surface area contributed by atoms with E-state index in [4.69, 9.17) is 11.6 Å². The smallest absolute Gasteiger partial charge is 0.255 e. The van der Waals surface area contributed by atoms with E-state index in [0.717, 1.165) is 25.7 Å². The Morgan fingerprint density at radius 2 is 1.52 bits per heavy atom. The highest BCUT2D eigenvalue weighted by atomic mass is 35.5. The number of anilines is 1. The van der Waals surface area contributed by atoms with Crippen molar-refractivity contribution in [2.24, 2.45) is 0 Å². The first-order chi connectivity index (χ1) is 12.1. The van der Waals surface area contributed by atoms with Gasteiger partial charge in [-0.05, 0) is 55.3 Å². The fourth-order valence-corrected chi connectivity index (χ4v) is 3.18. The van der Waals surface area contributed by atoms with E-state index < -0.39 is 0 Å². The quantitative estimate of drug-likeness (QED) is 0.837. The van der Waals surface area contributed by atoms with E-state index in [1.807, 2.05) is 0 Å². The van der Waals surface area contributed by atoms with Gasteiger partial charge in [0.1, 0.15) is 0 Å². The first-order valence-electron chi connectivity index (χ1n) is 8.60. The van der Waals surface area contributed by atoms with Crippen LogP contribution in [-0.2, 0) is 0 Å². The molecule has 0 heterocycles. The summed E-state index contributed by atoms with van der Waals surface area (Å²) in [7, 11) is 0. The molecule has 2 aromatic carbocycles. The first-order valence-corrected chi connectivity index (χ1v) is 8.97. The Labute approximate surface area is 152 Å². The summed E-state index contributed by atoms with van der Waals surface area (Å²) in [5.74, 6) is -0.373. The lowest BCUT2D eigenvalue weighted by Gasteiger charge is -2.22. The largest absolute Gasteiger partial charge is 0.349 e. The van der Waals surface area contributed by atoms with Crippen molar-refractivity contribution in [3.63, 3.8) is 0 Å². The molecule has 2 aromatic rings. The average molecular weight is 357 g/mol. The molecule has 0 aliphatic heterocycles. The summed E-state index contributed by atoms with van der Waals surface area (Å²) in [5, 5.41) is 6.49. The number of carbonyl (C=O) groups is 2. The third kappa shape index (κ3) is 4.83. The van der Waals surface area contributed by atoms with Gasteiger partial charge in [-0.2, -0.15) is 0 Å². The molecule has 1 aliphatic carbocycles. The molecule has 3 rings (SSSR count). The number of rotatable bonds is 4. The lowest BCUT2D eigenvalue weighted by Crippen LogP contribution is -2.36. The van der Waals surface area contributed by atoms with Gasteiger partial charge in [0.25, 0.3) is 11.8 Å². The molecular formula is C20H21ClN2O2. The molecule has 0 radical (unpaired) electrons. The van der Waals surface area contributed by atoms with Crippen LogP contribution in [0.25, 0.3) is 0 Å². The Balaban J connectivity index is 1.66. The van der Waals surface area contributed by atoms with E-state index in [2.05, 4.69) is 10.6 Å². The average Bonchev–Trinajstić information content (AvgIpc) is 2.64. The summed E-state index contributed by atoms with van der Waals surface area (Å²) >= 11 is 5.84. The number of hydrogen-bond acceptors (Lipinski definition) is 2. The van der Waals surface area contributed by atoms with Crippen LogP contribution in [0.15, 0.2) is 48.5 Å². The maximum absolute atomic E-state index is 12.4. The van der Waals surface area contributed by atoms with Crippen molar-refractivity contribution < 1.29 is 9.59 Å². The second-order valence-electron chi connectivity index (χ2n) is 6.35. The zero-order valence-electron chi connectivity index (χ0n) is 13.9. The predicted octanol–water partition coefficient (Wildman–Crippen LogP) is 4.65. The normalized spacial score (nSPS) is 14.8. The van der Waals surface area contributed by atoms with Crippen molar-refractivity contribution in [1.82, 2.24) is 5.32 Å². The molecule has 25 heavy (non-hydrogen) atoms. The monoisotopic (exact) mass is 356 g/mol. The van der Waals surface area contributed by atoms with Gasteiger partial charge in [-0.25, -0.2) is 0 Å². The lowest BCUT2D eigenvalue weighted by atomic mass is 9.95. The van der Waals surface area contributed by atoms with Crippen molar-refractivity contribution >= 4 is 29.1 Å². The summed E-state index contributed by atoms with van der Waals surface area (Å²) in [6, 6.07) is 13.9. The summed E-state index contributed by atoms with van der Waals surface area (Å²) in [6.45, 7) is 0. The van der Waals surface area contributed by atoms with Gasteiger partial charge in [0.15, 0.2) is 0 Å². The van der Waals surface area contributed by atoms with Crippen LogP contribution in [-0.4, -0.2) is 17.9 Å². The highest BCUT2D eigenvalue weighted by molar-refractivity contribution is 6.30. The van der Waals surface area contributed by atoms with Crippen molar-refractivity contribution in [2.75, 3.05) is 5.32 Å². The molecule has 0 unspecified atom stereocenters. The molecular weight excluding hydrogens is 336 g/mol. The summed E-state index contributed by atoms with van der Waals surface area (Å²) in [5.41, 5.74) is 1.62. The van der Waals surface area contributed by atoms with Gasteiger partial charge in [0, 0.05) is 27.9 Å². The Hall–Kier alpha value is -2.33. The minimum absolute atomic E-state index is 0.118. The second-order valence-corrected chi connectivity index (χ2v) is 6.79. The van der Waals surface area contributed by atoms with E-state index in [1.165, 1.54) is 6.42 Å². The summed E-state index contributed by atoms with van der Waals surface area (Å²) < 4.78 is 0. The Morgan fingerprint density at radius 1 is 0.880 bits per heavy atom. The first kappa shape index (κ1) is 17.5. The maximum Gasteiger partial charge on any atom is 0.255 e. The lowest BCUT2D eigenvalue weighted by molar-refractivity contribution is 0.0927. The molecule has 2 amide bonds. The van der Waals surface area contributed by atoms with Crippen molar-refractivity contribution in [2.45, 2.75) is 38.1 Å². The van der Waals surface area contributed by atoms with Crippen LogP contribution in [0, 0.1) is 0 Å². The topological polar surface area (TPSA) is 58.2 Å². The summed E-state index contributed by atoms with van der Waals surface area (Å²) in [4.78, 5) is 24.8. The van der Waals surface area contributed by atoms with Gasteiger partial charge in [0.2, 0.25) is 0 Å². The highest BCUT2D eigenvalue weighted by Crippen LogP contribution is 2.18. The number of amides is 2. The van der Waals surface area contributed by atoms with Gasteiger partial charge in [-0.1, -0.05) is 36.9 Å². The van der Waals surface area contributed by atoms with Crippen LogP contribution >= 0.6 is 11.6 Å². The van der Waals surface area contributed by atoms with Crippen LogP contribution in [0.4, 0.5) is 5.69 Å². The number of benzene rings is 2. The molecule has 0 atom stereocenters. The Bertz CT molecular complexity index is 753. The van der Waals surface area contributed by atoms with Gasteiger partial charge in [-0.15, -0.1) is 0 Å². The zero-order chi connectivity index (χ0) is 17.6. The third-order valence-corrected chi connectivity index (χ3v) is 4.68. The van der Waals surface area contributed by atoms with Crippen LogP contribution in [0.3, 0.4) is 0 Å². The summed E-state index contributed by atoms with van der Waals surface area (Å²) in [6.07, 6.45) is 5.63. The second kappa shape index (κ2) is 8.17. The minimum Gasteiger partial charge on any atom is -0.349 e. The molecule has 1 saturated carbocycles. The van der Waals surface area contributed by atoms with Crippen LogP contribution in [0.2, 0.25) is 5.02 Å². The molecule has 0 saturated heterocycles. The predicted molar refractivity (Wildman–Crippen MR) is 100 cm³/mol. The fourth-order valence-electron chi connectivity index (χ4n) is 3.05. The van der Waals surface area contributed by atoms with Crippen molar-refractivity contribution in [1.29, 1.82) is 0 Å². The molecule has 0 spiro atoms. The maximum atomic E-state index is 12.4. The van der Waals surface area contributed by atoms with Gasteiger partial charge in [0.05, 0.1) is 0 Å². The standard InChI is InChI=1S/C20H21ClN2O2/c21-16-9-11-18(12-10-16)23-20(25)15-6-4-5-14(13-15)19(24)22-17-7-2-1-3-8-17/h4-6,9-13,17H,1-3,7-8H2,(H,22,24)(H,23,25). The molecule has 1 fully saturated rings. The number of halogens is 1. The SMILES string of the molecule is O=C(Nc1ccc(Cl)cc1)c1cccc(C(=O)NC2CCCCC2)c1. The Morgan fingerprint density at radius 3 is 2.20 bits per heavy atom. The number of hydrogen-bond donors (Lipinski definition) is 2. The van der Waals surface area contributed by atoms with Crippen LogP contribution < -0.4 is 10.6 Å². The van der Waals surface area contributed by atoms with Crippen molar-refractivity contribution in [3.8, 4) is 0 Å². The van der Waals surface area contributed by atoms with Crippen LogP contribution in [0.1, 0.15) is 52.8 Å². The van der Waals surface area contributed by atoms with E-state index in [9.17, 15) is 9.59 Å². The fraction of sp³-hybridized carbons (Fsp3) is 0.300. The molecule has 2 N–H and O–H groups in total. The molecule has 1 aliphatic rings. The van der Waals surface area contributed by atoms with E-state index in [-0.39, 0.29) is 17.9 Å². The van der Waals surface area contributed by atoms with E-state index in [0.29, 0.717) is 21.8 Å². The van der Waals surface area contributed by atoms with E-state index >= 15 is 0 Å². The van der Waals surface area contributed by atoms with Gasteiger partial charge < -0.3 is 10.6 Å². The Kier molecular flexibility index (Phi) is 5.71. The number of carbonyl (C=O) groups excluding carboxylic acids is 2. The van der Waals surface area contributed by atoms with Crippen LogP contribution in [0.5, 0.6) is 0 Å². The van der Waals surface area contributed by atoms with Gasteiger partial charge >= 0.3 is 0 Å². The van der Waals surface area contributed by atoms with Gasteiger partial charge in [-0.3, -0.25) is 9.59 Å². The van der Waals surface area contributed by atoms with Crippen molar-refractivity contribution in [3.05, 3.63) is 64.7 Å². The minimum atomic E-state index is -0.255. The van der Waals surface area contributed by atoms with E-state index in [1.54, 1.807) is 48.5 Å². The molecule has 130 valence electrons. The highest BCUT2D eigenvalue weighted by Gasteiger charge is 2.17.